The number of carbonyl (C=O) groups is 1. The Kier molecular flexibility index (Phi) is 5.28. The molecule has 1 aliphatic rings. The molecule has 0 spiro atoms. The number of carbonyl (C=O) groups excluding carboxylic acids is 1. The molecule has 0 fully saturated rings. The van der Waals surface area contributed by atoms with E-state index < -0.39 is 0 Å². The number of hydrogen-bond acceptors (Lipinski definition) is 5. The van der Waals surface area contributed by atoms with Crippen molar-refractivity contribution in [1.82, 2.24) is 16.0 Å². The summed E-state index contributed by atoms with van der Waals surface area (Å²) in [5, 5.41) is 9.16. The Balaban J connectivity index is 1.47. The zero-order chi connectivity index (χ0) is 16.8. The van der Waals surface area contributed by atoms with Crippen LogP contribution >= 0.6 is 0 Å². The Morgan fingerprint density at radius 1 is 1.33 bits per heavy atom. The molecule has 1 aromatic heterocycles. The number of amidine groups is 1. The quantitative estimate of drug-likeness (QED) is 0.717. The fourth-order valence-electron chi connectivity index (χ4n) is 2.61. The molecular weight excluding hydrogens is 304 g/mol. The second-order valence-electron chi connectivity index (χ2n) is 5.69. The van der Waals surface area contributed by atoms with Crippen LogP contribution in [0.15, 0.2) is 46.0 Å². The summed E-state index contributed by atoms with van der Waals surface area (Å²) in [7, 11) is 1.84. The van der Waals surface area contributed by atoms with Gasteiger partial charge in [0.15, 0.2) is 0 Å². The third-order valence-corrected chi connectivity index (χ3v) is 3.87. The first kappa shape index (κ1) is 16.3. The van der Waals surface area contributed by atoms with Gasteiger partial charge in [0.2, 0.25) is 0 Å². The van der Waals surface area contributed by atoms with E-state index in [1.165, 1.54) is 11.8 Å². The first-order valence-corrected chi connectivity index (χ1v) is 8.14. The van der Waals surface area contributed by atoms with Crippen molar-refractivity contribution >= 4 is 11.7 Å². The maximum atomic E-state index is 12.1. The topological polar surface area (TPSA) is 78.7 Å². The van der Waals surface area contributed by atoms with Gasteiger partial charge in [0.1, 0.15) is 17.9 Å². The van der Waals surface area contributed by atoms with Crippen LogP contribution in [0.1, 0.15) is 27.2 Å². The van der Waals surface area contributed by atoms with E-state index >= 15 is 0 Å². The highest BCUT2D eigenvalue weighted by atomic mass is 16.3. The highest BCUT2D eigenvalue weighted by Crippen LogP contribution is 2.09. The Morgan fingerprint density at radius 3 is 2.88 bits per heavy atom. The Bertz CT molecular complexity index is 719. The van der Waals surface area contributed by atoms with Crippen LogP contribution in [-0.2, 0) is 13.0 Å². The molecule has 2 aromatic rings. The van der Waals surface area contributed by atoms with Gasteiger partial charge in [-0.05, 0) is 25.1 Å². The van der Waals surface area contributed by atoms with Crippen molar-refractivity contribution in [3.05, 3.63) is 59.0 Å². The molecule has 0 aliphatic carbocycles. The lowest BCUT2D eigenvalue weighted by molar-refractivity contribution is 0.0953. The largest absolute Gasteiger partial charge is 0.467 e. The third kappa shape index (κ3) is 4.02. The highest BCUT2D eigenvalue weighted by molar-refractivity contribution is 5.99. The summed E-state index contributed by atoms with van der Waals surface area (Å²) in [5.41, 5.74) is 2.84. The second-order valence-corrected chi connectivity index (χ2v) is 5.69. The van der Waals surface area contributed by atoms with E-state index in [1.54, 1.807) is 6.07 Å². The van der Waals surface area contributed by atoms with E-state index in [0.29, 0.717) is 18.7 Å². The lowest BCUT2D eigenvalue weighted by Crippen LogP contribution is -2.25. The average Bonchev–Trinajstić information content (AvgIpc) is 3.27. The number of aliphatic imine (C=N–C) groups is 1. The molecular formula is C18H22N4O2. The van der Waals surface area contributed by atoms with Crippen LogP contribution < -0.4 is 16.0 Å². The molecule has 0 radical (unpaired) electrons. The van der Waals surface area contributed by atoms with Crippen molar-refractivity contribution in [2.45, 2.75) is 13.0 Å². The molecule has 24 heavy (non-hydrogen) atoms. The lowest BCUT2D eigenvalue weighted by Gasteiger charge is -2.06. The third-order valence-electron chi connectivity index (χ3n) is 3.87. The maximum Gasteiger partial charge on any atom is 0.254 e. The molecule has 0 saturated carbocycles. The van der Waals surface area contributed by atoms with Crippen molar-refractivity contribution < 1.29 is 9.21 Å². The molecule has 3 rings (SSSR count). The molecule has 1 aromatic carbocycles. The SMILES string of the molecule is CNCc1cc(C(=O)NCCc2ccc(C3=NCCN3)cc2)co1. The summed E-state index contributed by atoms with van der Waals surface area (Å²) in [6.45, 7) is 2.95. The van der Waals surface area contributed by atoms with Gasteiger partial charge < -0.3 is 20.4 Å². The highest BCUT2D eigenvalue weighted by Gasteiger charge is 2.10. The fourth-order valence-corrected chi connectivity index (χ4v) is 2.61. The standard InChI is InChI=1S/C18H22N4O2/c1-19-11-16-10-15(12-24-16)18(23)22-7-6-13-2-4-14(5-3-13)17-20-8-9-21-17/h2-5,10,12,19H,6-9,11H2,1H3,(H,20,21)(H,22,23). The van der Waals surface area contributed by atoms with Gasteiger partial charge in [-0.2, -0.15) is 0 Å². The number of hydrogen-bond donors (Lipinski definition) is 3. The average molecular weight is 326 g/mol. The summed E-state index contributed by atoms with van der Waals surface area (Å²) in [5.74, 6) is 1.61. The number of rotatable bonds is 7. The van der Waals surface area contributed by atoms with Crippen LogP contribution in [0.5, 0.6) is 0 Å². The molecule has 0 bridgehead atoms. The molecule has 3 N–H and O–H groups in total. The van der Waals surface area contributed by atoms with Gasteiger partial charge in [0.05, 0.1) is 18.7 Å². The van der Waals surface area contributed by atoms with Gasteiger partial charge >= 0.3 is 0 Å². The minimum Gasteiger partial charge on any atom is -0.467 e. The Morgan fingerprint density at radius 2 is 2.17 bits per heavy atom. The molecule has 6 heteroatoms. The van der Waals surface area contributed by atoms with Crippen LogP contribution in [0, 0.1) is 0 Å². The van der Waals surface area contributed by atoms with Crippen LogP contribution in [0.2, 0.25) is 0 Å². The zero-order valence-electron chi connectivity index (χ0n) is 13.8. The molecule has 6 nitrogen and oxygen atoms in total. The monoisotopic (exact) mass is 326 g/mol. The van der Waals surface area contributed by atoms with Gasteiger partial charge in [0.25, 0.3) is 5.91 Å². The van der Waals surface area contributed by atoms with Crippen LogP contribution in [0.3, 0.4) is 0 Å². The van der Waals surface area contributed by atoms with E-state index in [1.807, 2.05) is 7.05 Å². The van der Waals surface area contributed by atoms with Gasteiger partial charge in [-0.25, -0.2) is 0 Å². The number of amides is 1. The molecule has 2 heterocycles. The molecule has 1 amide bonds. The minimum atomic E-state index is -0.109. The molecule has 1 aliphatic heterocycles. The van der Waals surface area contributed by atoms with Crippen LogP contribution in [0.25, 0.3) is 0 Å². The number of nitrogens with one attached hydrogen (secondary N) is 3. The normalized spacial score (nSPS) is 13.5. The molecule has 0 unspecified atom stereocenters. The summed E-state index contributed by atoms with van der Waals surface area (Å²) < 4.78 is 5.31. The van der Waals surface area contributed by atoms with Gasteiger partial charge in [-0.1, -0.05) is 24.3 Å². The number of benzene rings is 1. The van der Waals surface area contributed by atoms with Gasteiger partial charge in [0, 0.05) is 18.7 Å². The summed E-state index contributed by atoms with van der Waals surface area (Å²) in [6.07, 6.45) is 2.28. The zero-order valence-corrected chi connectivity index (χ0v) is 13.8. The van der Waals surface area contributed by atoms with E-state index in [-0.39, 0.29) is 5.91 Å². The second kappa shape index (κ2) is 7.79. The summed E-state index contributed by atoms with van der Waals surface area (Å²) >= 11 is 0. The van der Waals surface area contributed by atoms with Crippen LogP contribution in [0.4, 0.5) is 0 Å². The maximum absolute atomic E-state index is 12.1. The Labute approximate surface area is 141 Å². The molecule has 126 valence electrons. The van der Waals surface area contributed by atoms with Crippen molar-refractivity contribution in [2.24, 2.45) is 4.99 Å². The van der Waals surface area contributed by atoms with Crippen molar-refractivity contribution in [3.8, 4) is 0 Å². The van der Waals surface area contributed by atoms with E-state index in [9.17, 15) is 4.79 Å². The Hall–Kier alpha value is -2.60. The predicted octanol–water partition coefficient (Wildman–Crippen LogP) is 1.32. The van der Waals surface area contributed by atoms with Crippen LogP contribution in [-0.4, -0.2) is 38.4 Å². The van der Waals surface area contributed by atoms with E-state index in [2.05, 4.69) is 45.2 Å². The smallest absolute Gasteiger partial charge is 0.254 e. The molecule has 0 saturated heterocycles. The predicted molar refractivity (Wildman–Crippen MR) is 93.4 cm³/mol. The molecule has 0 atom stereocenters. The van der Waals surface area contributed by atoms with E-state index in [4.69, 9.17) is 4.42 Å². The number of furan rings is 1. The van der Waals surface area contributed by atoms with Crippen molar-refractivity contribution in [3.63, 3.8) is 0 Å². The number of nitrogens with zero attached hydrogens (tertiary/aromatic N) is 1. The first-order valence-electron chi connectivity index (χ1n) is 8.14. The summed E-state index contributed by atoms with van der Waals surface area (Å²) in [4.78, 5) is 16.5. The first-order chi connectivity index (χ1) is 11.8. The van der Waals surface area contributed by atoms with E-state index in [0.717, 1.165) is 36.7 Å². The minimum absolute atomic E-state index is 0.109. The van der Waals surface area contributed by atoms with Crippen molar-refractivity contribution in [1.29, 1.82) is 0 Å². The van der Waals surface area contributed by atoms with Gasteiger partial charge in [-0.15, -0.1) is 0 Å². The van der Waals surface area contributed by atoms with Crippen molar-refractivity contribution in [2.75, 3.05) is 26.7 Å². The lowest BCUT2D eigenvalue weighted by atomic mass is 10.1. The summed E-state index contributed by atoms with van der Waals surface area (Å²) in [6, 6.07) is 10.0. The van der Waals surface area contributed by atoms with Gasteiger partial charge in [-0.3, -0.25) is 9.79 Å². The fraction of sp³-hybridized carbons (Fsp3) is 0.333.